The second-order valence-corrected chi connectivity index (χ2v) is 5.36. The average Bonchev–Trinajstić information content (AvgIpc) is 2.39. The number of methoxy groups -OCH3 is 1. The van der Waals surface area contributed by atoms with E-state index in [0.29, 0.717) is 6.61 Å². The Morgan fingerprint density at radius 1 is 1.53 bits per heavy atom. The number of hydrogen-bond donors (Lipinski definition) is 1. The molecule has 106 valence electrons. The summed E-state index contributed by atoms with van der Waals surface area (Å²) in [6, 6.07) is 4.84. The first kappa shape index (κ1) is 16.2. The fourth-order valence-electron chi connectivity index (χ4n) is 1.87. The molecular weight excluding hydrogens is 265 g/mol. The lowest BCUT2D eigenvalue weighted by Gasteiger charge is -2.26. The predicted octanol–water partition coefficient (Wildman–Crippen LogP) is 3.45. The topological polar surface area (TPSA) is 21.3 Å². The Labute approximate surface area is 119 Å². The fourth-order valence-corrected chi connectivity index (χ4v) is 2.07. The average molecular weight is 286 g/mol. The van der Waals surface area contributed by atoms with E-state index in [0.717, 1.165) is 25.1 Å². The van der Waals surface area contributed by atoms with Gasteiger partial charge in [0.2, 0.25) is 0 Å². The van der Waals surface area contributed by atoms with Gasteiger partial charge in [0.1, 0.15) is 5.82 Å². The van der Waals surface area contributed by atoms with E-state index in [1.165, 1.54) is 6.07 Å². The van der Waals surface area contributed by atoms with Gasteiger partial charge in [0.05, 0.1) is 11.6 Å². The quantitative estimate of drug-likeness (QED) is 0.583. The Balaban J connectivity index is 2.63. The van der Waals surface area contributed by atoms with Crippen LogP contribution >= 0.6 is 11.6 Å². The number of benzene rings is 1. The first-order valence-corrected chi connectivity index (χ1v) is 6.66. The Hall–Kier alpha value is -0.900. The van der Waals surface area contributed by atoms with Crippen LogP contribution in [0.15, 0.2) is 30.9 Å². The highest BCUT2D eigenvalue weighted by molar-refractivity contribution is 6.30. The summed E-state index contributed by atoms with van der Waals surface area (Å²) in [4.78, 5) is 0. The fraction of sp³-hybridized carbons (Fsp3) is 0.467. The number of rotatable bonds is 8. The monoisotopic (exact) mass is 285 g/mol. The highest BCUT2D eigenvalue weighted by atomic mass is 35.5. The van der Waals surface area contributed by atoms with Crippen LogP contribution in [0.3, 0.4) is 0 Å². The highest BCUT2D eigenvalue weighted by Gasteiger charge is 2.20. The molecule has 0 aliphatic heterocycles. The minimum atomic E-state index is -0.385. The molecule has 0 saturated heterocycles. The largest absolute Gasteiger partial charge is 0.383 e. The summed E-state index contributed by atoms with van der Waals surface area (Å²) in [7, 11) is 1.68. The molecule has 1 rings (SSSR count). The first-order chi connectivity index (χ1) is 9.00. The van der Waals surface area contributed by atoms with Gasteiger partial charge in [0.15, 0.2) is 0 Å². The van der Waals surface area contributed by atoms with Crippen LogP contribution in [0.1, 0.15) is 12.5 Å². The molecule has 0 fully saturated rings. The van der Waals surface area contributed by atoms with Crippen molar-refractivity contribution in [1.29, 1.82) is 0 Å². The predicted molar refractivity (Wildman–Crippen MR) is 78.2 cm³/mol. The van der Waals surface area contributed by atoms with Gasteiger partial charge in [-0.1, -0.05) is 30.7 Å². The van der Waals surface area contributed by atoms with Crippen LogP contribution in [0.25, 0.3) is 0 Å². The van der Waals surface area contributed by atoms with Gasteiger partial charge in [0, 0.05) is 25.6 Å². The van der Waals surface area contributed by atoms with Crippen molar-refractivity contribution in [3.63, 3.8) is 0 Å². The molecule has 0 amide bonds. The lowest BCUT2D eigenvalue weighted by molar-refractivity contribution is 0.196. The molecule has 1 N–H and O–H groups in total. The summed E-state index contributed by atoms with van der Waals surface area (Å²) in [5.74, 6) is -0.385. The van der Waals surface area contributed by atoms with Crippen LogP contribution in [0.5, 0.6) is 0 Å². The third-order valence-electron chi connectivity index (χ3n) is 3.10. The Morgan fingerprint density at radius 2 is 2.26 bits per heavy atom. The van der Waals surface area contributed by atoms with Crippen LogP contribution < -0.4 is 5.32 Å². The van der Waals surface area contributed by atoms with Gasteiger partial charge >= 0.3 is 0 Å². The Morgan fingerprint density at radius 3 is 2.84 bits per heavy atom. The number of halogens is 2. The molecule has 0 aromatic heterocycles. The maximum atomic E-state index is 13.1. The SMILES string of the molecule is C=CC(C)(CNCCOC)Cc1ccc(F)c(Cl)c1. The van der Waals surface area contributed by atoms with Crippen LogP contribution in [-0.2, 0) is 11.2 Å². The van der Waals surface area contributed by atoms with Crippen molar-refractivity contribution in [2.24, 2.45) is 5.41 Å². The van der Waals surface area contributed by atoms with Crippen molar-refractivity contribution in [3.05, 3.63) is 47.3 Å². The van der Waals surface area contributed by atoms with E-state index in [1.807, 2.05) is 6.08 Å². The Bertz CT molecular complexity index is 425. The maximum absolute atomic E-state index is 13.1. The Kier molecular flexibility index (Phi) is 6.49. The molecule has 0 saturated carbocycles. The molecule has 1 unspecified atom stereocenters. The second-order valence-electron chi connectivity index (χ2n) is 4.95. The summed E-state index contributed by atoms with van der Waals surface area (Å²) in [6.07, 6.45) is 2.68. The third-order valence-corrected chi connectivity index (χ3v) is 3.39. The normalized spacial score (nSPS) is 14.1. The lowest BCUT2D eigenvalue weighted by Crippen LogP contribution is -2.33. The molecule has 4 heteroatoms. The van der Waals surface area contributed by atoms with E-state index in [-0.39, 0.29) is 16.3 Å². The van der Waals surface area contributed by atoms with Gasteiger partial charge in [-0.05, 0) is 24.1 Å². The lowest BCUT2D eigenvalue weighted by atomic mass is 9.83. The second kappa shape index (κ2) is 7.63. The summed E-state index contributed by atoms with van der Waals surface area (Å²) in [6.45, 7) is 8.26. The maximum Gasteiger partial charge on any atom is 0.141 e. The van der Waals surface area contributed by atoms with Crippen molar-refractivity contribution in [2.45, 2.75) is 13.3 Å². The van der Waals surface area contributed by atoms with E-state index in [2.05, 4.69) is 18.8 Å². The molecule has 0 radical (unpaired) electrons. The molecule has 19 heavy (non-hydrogen) atoms. The van der Waals surface area contributed by atoms with E-state index >= 15 is 0 Å². The van der Waals surface area contributed by atoms with Crippen molar-refractivity contribution >= 4 is 11.6 Å². The number of hydrogen-bond acceptors (Lipinski definition) is 2. The zero-order chi connectivity index (χ0) is 14.3. The molecule has 1 atom stereocenters. The standard InChI is InChI=1S/C15H21ClFNO/c1-4-15(2,11-18-7-8-19-3)10-12-5-6-14(17)13(16)9-12/h4-6,9,18H,1,7-8,10-11H2,2-3H3. The molecule has 0 aliphatic rings. The van der Waals surface area contributed by atoms with Gasteiger partial charge in [-0.15, -0.1) is 6.58 Å². The van der Waals surface area contributed by atoms with Crippen LogP contribution in [0.2, 0.25) is 5.02 Å². The molecule has 1 aromatic carbocycles. The zero-order valence-corrected chi connectivity index (χ0v) is 12.3. The van der Waals surface area contributed by atoms with Crippen molar-refractivity contribution < 1.29 is 9.13 Å². The first-order valence-electron chi connectivity index (χ1n) is 6.28. The van der Waals surface area contributed by atoms with Gasteiger partial charge in [-0.2, -0.15) is 0 Å². The van der Waals surface area contributed by atoms with Gasteiger partial charge < -0.3 is 10.1 Å². The third kappa shape index (κ3) is 5.31. The van der Waals surface area contributed by atoms with Crippen LogP contribution in [0, 0.1) is 11.2 Å². The van der Waals surface area contributed by atoms with Crippen LogP contribution in [-0.4, -0.2) is 26.8 Å². The molecule has 0 bridgehead atoms. The van der Waals surface area contributed by atoms with E-state index in [1.54, 1.807) is 19.2 Å². The molecule has 0 aliphatic carbocycles. The molecule has 0 heterocycles. The van der Waals surface area contributed by atoms with Crippen molar-refractivity contribution in [1.82, 2.24) is 5.32 Å². The van der Waals surface area contributed by atoms with E-state index < -0.39 is 0 Å². The van der Waals surface area contributed by atoms with Gasteiger partial charge in [-0.25, -0.2) is 4.39 Å². The summed E-state index contributed by atoms with van der Waals surface area (Å²) in [5.41, 5.74) is 0.900. The molecule has 2 nitrogen and oxygen atoms in total. The van der Waals surface area contributed by atoms with E-state index in [4.69, 9.17) is 16.3 Å². The molecular formula is C15H21ClFNO. The molecule has 1 aromatic rings. The highest BCUT2D eigenvalue weighted by Crippen LogP contribution is 2.25. The summed E-state index contributed by atoms with van der Waals surface area (Å²) in [5, 5.41) is 3.48. The minimum Gasteiger partial charge on any atom is -0.383 e. The zero-order valence-electron chi connectivity index (χ0n) is 11.5. The van der Waals surface area contributed by atoms with Gasteiger partial charge in [-0.3, -0.25) is 0 Å². The minimum absolute atomic E-state index is 0.102. The van der Waals surface area contributed by atoms with Crippen LogP contribution in [0.4, 0.5) is 4.39 Å². The van der Waals surface area contributed by atoms with Gasteiger partial charge in [0.25, 0.3) is 0 Å². The van der Waals surface area contributed by atoms with Crippen molar-refractivity contribution in [2.75, 3.05) is 26.8 Å². The number of ether oxygens (including phenoxy) is 1. The number of nitrogens with one attached hydrogen (secondary N) is 1. The molecule has 0 spiro atoms. The smallest absolute Gasteiger partial charge is 0.141 e. The van der Waals surface area contributed by atoms with E-state index in [9.17, 15) is 4.39 Å². The summed E-state index contributed by atoms with van der Waals surface area (Å²) < 4.78 is 18.1. The summed E-state index contributed by atoms with van der Waals surface area (Å²) >= 11 is 5.80. The van der Waals surface area contributed by atoms with Crippen molar-refractivity contribution in [3.8, 4) is 0 Å².